The number of rotatable bonds is 11. The van der Waals surface area contributed by atoms with Gasteiger partial charge in [-0.25, -0.2) is 0 Å². The third-order valence-electron chi connectivity index (χ3n) is 5.07. The molecule has 7 heteroatoms. The van der Waals surface area contributed by atoms with Crippen molar-refractivity contribution in [1.29, 1.82) is 0 Å². The van der Waals surface area contributed by atoms with Gasteiger partial charge >= 0.3 is 0 Å². The van der Waals surface area contributed by atoms with Crippen molar-refractivity contribution in [2.75, 3.05) is 26.2 Å². The van der Waals surface area contributed by atoms with E-state index in [1.165, 1.54) is 25.7 Å². The summed E-state index contributed by atoms with van der Waals surface area (Å²) >= 11 is 0. The fourth-order valence-electron chi connectivity index (χ4n) is 3.62. The van der Waals surface area contributed by atoms with Crippen LogP contribution in [0.5, 0.6) is 5.75 Å². The van der Waals surface area contributed by atoms with Gasteiger partial charge in [0.25, 0.3) is 0 Å². The van der Waals surface area contributed by atoms with Gasteiger partial charge in [-0.05, 0) is 57.2 Å². The number of nitrogens with zero attached hydrogens (tertiary/aromatic N) is 1. The Labute approximate surface area is 180 Å². The Morgan fingerprint density at radius 3 is 2.63 bits per heavy atom. The highest BCUT2D eigenvalue weighted by Crippen LogP contribution is 2.27. The van der Waals surface area contributed by atoms with Crippen molar-refractivity contribution in [2.45, 2.75) is 65.1 Å². The van der Waals surface area contributed by atoms with Gasteiger partial charge in [0, 0.05) is 26.1 Å². The molecule has 1 fully saturated rings. The molecule has 0 bridgehead atoms. The summed E-state index contributed by atoms with van der Waals surface area (Å²) in [5.74, 6) is 2.05. The van der Waals surface area contributed by atoms with Crippen molar-refractivity contribution in [3.8, 4) is 5.75 Å². The van der Waals surface area contributed by atoms with Crippen LogP contribution >= 0.6 is 0 Å². The summed E-state index contributed by atoms with van der Waals surface area (Å²) in [6, 6.07) is 7.47. The summed E-state index contributed by atoms with van der Waals surface area (Å²) in [7, 11) is 0. The normalized spacial score (nSPS) is 15.8. The molecule has 0 aliphatic heterocycles. The molecule has 1 saturated carbocycles. The Kier molecular flexibility index (Phi) is 10.5. The molecule has 0 aromatic heterocycles. The zero-order valence-corrected chi connectivity index (χ0v) is 18.6. The van der Waals surface area contributed by atoms with Gasteiger partial charge in [0.15, 0.2) is 5.96 Å². The maximum atomic E-state index is 12.0. The topological polar surface area (TPSA) is 95.0 Å². The Morgan fingerprint density at radius 2 is 1.93 bits per heavy atom. The molecule has 1 aromatic rings. The van der Waals surface area contributed by atoms with Gasteiger partial charge in [-0.2, -0.15) is 0 Å². The molecule has 2 rings (SSSR count). The minimum absolute atomic E-state index is 0.0821. The SMILES string of the molecule is CCNC(=NCC(O)c1cccc(OC(C)C)c1)NCCNC(=O)CC1CCCC1. The molecule has 0 radical (unpaired) electrons. The minimum Gasteiger partial charge on any atom is -0.491 e. The lowest BCUT2D eigenvalue weighted by molar-refractivity contribution is -0.121. The molecule has 1 aromatic carbocycles. The molecule has 1 aliphatic rings. The van der Waals surface area contributed by atoms with Crippen LogP contribution in [0.2, 0.25) is 0 Å². The second-order valence-corrected chi connectivity index (χ2v) is 8.11. The van der Waals surface area contributed by atoms with E-state index in [9.17, 15) is 9.90 Å². The zero-order chi connectivity index (χ0) is 21.8. The lowest BCUT2D eigenvalue weighted by atomic mass is 10.0. The second kappa shape index (κ2) is 13.1. The van der Waals surface area contributed by atoms with E-state index >= 15 is 0 Å². The highest BCUT2D eigenvalue weighted by atomic mass is 16.5. The Balaban J connectivity index is 1.76. The van der Waals surface area contributed by atoms with E-state index in [1.807, 2.05) is 45.0 Å². The molecule has 0 saturated heterocycles. The smallest absolute Gasteiger partial charge is 0.220 e. The quantitative estimate of drug-likeness (QED) is 0.252. The van der Waals surface area contributed by atoms with E-state index in [0.717, 1.165) is 11.3 Å². The average Bonchev–Trinajstić information content (AvgIpc) is 3.21. The molecule has 0 heterocycles. The standard InChI is InChI=1S/C23H38N4O3/c1-4-24-23(26-13-12-25-22(29)14-18-8-5-6-9-18)27-16-21(28)19-10-7-11-20(15-19)30-17(2)3/h7,10-11,15,17-18,21,28H,4-6,8-9,12-14,16H2,1-3H3,(H,25,29)(H2,24,26,27). The third kappa shape index (κ3) is 9.03. The molecule has 4 N–H and O–H groups in total. The van der Waals surface area contributed by atoms with E-state index in [0.29, 0.717) is 37.9 Å². The second-order valence-electron chi connectivity index (χ2n) is 8.11. The van der Waals surface area contributed by atoms with Gasteiger partial charge < -0.3 is 25.8 Å². The third-order valence-corrected chi connectivity index (χ3v) is 5.07. The van der Waals surface area contributed by atoms with E-state index in [2.05, 4.69) is 20.9 Å². The van der Waals surface area contributed by atoms with Gasteiger partial charge in [-0.3, -0.25) is 9.79 Å². The first-order valence-corrected chi connectivity index (χ1v) is 11.2. The van der Waals surface area contributed by atoms with Crippen molar-refractivity contribution >= 4 is 11.9 Å². The molecule has 168 valence electrons. The number of ether oxygens (including phenoxy) is 1. The lowest BCUT2D eigenvalue weighted by Crippen LogP contribution is -2.41. The lowest BCUT2D eigenvalue weighted by Gasteiger charge is -2.15. The molecule has 1 atom stereocenters. The number of carbonyl (C=O) groups is 1. The number of benzene rings is 1. The van der Waals surface area contributed by atoms with Gasteiger partial charge in [-0.1, -0.05) is 25.0 Å². The maximum absolute atomic E-state index is 12.0. The van der Waals surface area contributed by atoms with Crippen LogP contribution in [0.3, 0.4) is 0 Å². The molecule has 1 amide bonds. The number of hydrogen-bond donors (Lipinski definition) is 4. The van der Waals surface area contributed by atoms with Crippen LogP contribution in [-0.4, -0.2) is 49.3 Å². The highest BCUT2D eigenvalue weighted by molar-refractivity contribution is 5.80. The number of carbonyl (C=O) groups excluding carboxylic acids is 1. The summed E-state index contributed by atoms with van der Waals surface area (Å²) in [5, 5.41) is 19.8. The number of aliphatic hydroxyl groups excluding tert-OH is 1. The first kappa shape index (κ1) is 24.0. The van der Waals surface area contributed by atoms with Crippen molar-refractivity contribution in [3.05, 3.63) is 29.8 Å². The van der Waals surface area contributed by atoms with Crippen LogP contribution in [0.25, 0.3) is 0 Å². The zero-order valence-electron chi connectivity index (χ0n) is 18.6. The first-order chi connectivity index (χ1) is 14.5. The molecule has 1 aliphatic carbocycles. The fourth-order valence-corrected chi connectivity index (χ4v) is 3.62. The monoisotopic (exact) mass is 418 g/mol. The molecule has 1 unspecified atom stereocenters. The van der Waals surface area contributed by atoms with Crippen molar-refractivity contribution in [3.63, 3.8) is 0 Å². The van der Waals surface area contributed by atoms with Gasteiger partial charge in [0.1, 0.15) is 5.75 Å². The number of aliphatic hydroxyl groups is 1. The maximum Gasteiger partial charge on any atom is 0.220 e. The van der Waals surface area contributed by atoms with Crippen LogP contribution < -0.4 is 20.7 Å². The largest absolute Gasteiger partial charge is 0.491 e. The molecule has 0 spiro atoms. The predicted molar refractivity (Wildman–Crippen MR) is 121 cm³/mol. The van der Waals surface area contributed by atoms with Crippen LogP contribution in [0.15, 0.2) is 29.3 Å². The van der Waals surface area contributed by atoms with E-state index < -0.39 is 6.10 Å². The van der Waals surface area contributed by atoms with Gasteiger partial charge in [0.05, 0.1) is 18.8 Å². The van der Waals surface area contributed by atoms with Crippen LogP contribution in [0.1, 0.15) is 64.5 Å². The van der Waals surface area contributed by atoms with Crippen LogP contribution in [0, 0.1) is 5.92 Å². The molecular weight excluding hydrogens is 380 g/mol. The molecular formula is C23H38N4O3. The van der Waals surface area contributed by atoms with Crippen LogP contribution in [0.4, 0.5) is 0 Å². The van der Waals surface area contributed by atoms with E-state index in [4.69, 9.17) is 4.74 Å². The minimum atomic E-state index is -0.720. The van der Waals surface area contributed by atoms with Crippen LogP contribution in [-0.2, 0) is 4.79 Å². The highest BCUT2D eigenvalue weighted by Gasteiger charge is 2.18. The fraction of sp³-hybridized carbons (Fsp3) is 0.652. The average molecular weight is 419 g/mol. The summed E-state index contributed by atoms with van der Waals surface area (Å²) in [6.07, 6.45) is 4.86. The first-order valence-electron chi connectivity index (χ1n) is 11.2. The summed E-state index contributed by atoms with van der Waals surface area (Å²) < 4.78 is 5.69. The van der Waals surface area contributed by atoms with Gasteiger partial charge in [0.2, 0.25) is 5.91 Å². The Hall–Kier alpha value is -2.28. The number of hydrogen-bond acceptors (Lipinski definition) is 4. The number of guanidine groups is 1. The Morgan fingerprint density at radius 1 is 1.20 bits per heavy atom. The number of aliphatic imine (C=N–C) groups is 1. The number of nitrogens with one attached hydrogen (secondary N) is 3. The molecule has 7 nitrogen and oxygen atoms in total. The summed E-state index contributed by atoms with van der Waals surface area (Å²) in [5.41, 5.74) is 0.770. The van der Waals surface area contributed by atoms with Crippen molar-refractivity contribution in [2.24, 2.45) is 10.9 Å². The number of amides is 1. The Bertz CT molecular complexity index is 672. The van der Waals surface area contributed by atoms with Gasteiger partial charge in [-0.15, -0.1) is 0 Å². The van der Waals surface area contributed by atoms with Crippen molar-refractivity contribution in [1.82, 2.24) is 16.0 Å². The summed E-state index contributed by atoms with van der Waals surface area (Å²) in [4.78, 5) is 16.5. The molecule has 30 heavy (non-hydrogen) atoms. The van der Waals surface area contributed by atoms with E-state index in [-0.39, 0.29) is 18.6 Å². The predicted octanol–water partition coefficient (Wildman–Crippen LogP) is 2.76. The summed E-state index contributed by atoms with van der Waals surface area (Å²) in [6.45, 7) is 8.01. The van der Waals surface area contributed by atoms with E-state index in [1.54, 1.807) is 0 Å². The van der Waals surface area contributed by atoms with Crippen molar-refractivity contribution < 1.29 is 14.6 Å².